The highest BCUT2D eigenvalue weighted by Crippen LogP contribution is 2.18. The lowest BCUT2D eigenvalue weighted by Gasteiger charge is -2.09. The largest absolute Gasteiger partial charge is 0.475 e. The molecule has 0 bridgehead atoms. The van der Waals surface area contributed by atoms with Gasteiger partial charge >= 0.3 is 0 Å². The van der Waals surface area contributed by atoms with E-state index in [1.165, 1.54) is 0 Å². The summed E-state index contributed by atoms with van der Waals surface area (Å²) in [6, 6.07) is 1.98. The Morgan fingerprint density at radius 1 is 1.38 bits per heavy atom. The number of hydrogen-bond acceptors (Lipinski definition) is 3. The van der Waals surface area contributed by atoms with Gasteiger partial charge in [0.15, 0.2) is 0 Å². The van der Waals surface area contributed by atoms with E-state index in [0.717, 1.165) is 16.6 Å². The molecule has 1 aromatic rings. The first-order valence-electron chi connectivity index (χ1n) is 5.42. The Labute approximate surface area is 105 Å². The van der Waals surface area contributed by atoms with E-state index in [2.05, 4.69) is 34.8 Å². The van der Waals surface area contributed by atoms with Crippen molar-refractivity contribution in [1.82, 2.24) is 4.98 Å². The average molecular weight is 288 g/mol. The zero-order chi connectivity index (χ0) is 12.0. The Bertz CT molecular complexity index is 329. The van der Waals surface area contributed by atoms with E-state index in [9.17, 15) is 0 Å². The van der Waals surface area contributed by atoms with Crippen LogP contribution in [-0.4, -0.2) is 24.8 Å². The number of hydrogen-bond donors (Lipinski definition) is 0. The van der Waals surface area contributed by atoms with E-state index in [1.54, 1.807) is 6.20 Å². The summed E-state index contributed by atoms with van der Waals surface area (Å²) in [6.07, 6.45) is 1.73. The van der Waals surface area contributed by atoms with Crippen molar-refractivity contribution >= 4 is 15.9 Å². The third-order valence-electron chi connectivity index (χ3n) is 1.91. The minimum atomic E-state index is 0.544. The van der Waals surface area contributed by atoms with Crippen LogP contribution in [0.2, 0.25) is 0 Å². The number of ether oxygens (including phenoxy) is 2. The van der Waals surface area contributed by atoms with Crippen LogP contribution in [0.1, 0.15) is 19.4 Å². The van der Waals surface area contributed by atoms with Crippen LogP contribution < -0.4 is 4.74 Å². The van der Waals surface area contributed by atoms with Gasteiger partial charge in [0.05, 0.1) is 6.61 Å². The third-order valence-corrected chi connectivity index (χ3v) is 2.35. The molecule has 0 saturated carbocycles. The molecule has 16 heavy (non-hydrogen) atoms. The van der Waals surface area contributed by atoms with Crippen molar-refractivity contribution in [3.05, 3.63) is 22.3 Å². The van der Waals surface area contributed by atoms with Crippen molar-refractivity contribution in [2.45, 2.75) is 20.8 Å². The van der Waals surface area contributed by atoms with Crippen LogP contribution in [-0.2, 0) is 4.74 Å². The van der Waals surface area contributed by atoms with Gasteiger partial charge in [0.2, 0.25) is 5.88 Å². The van der Waals surface area contributed by atoms with E-state index in [0.29, 0.717) is 25.0 Å². The highest BCUT2D eigenvalue weighted by atomic mass is 79.9. The lowest BCUT2D eigenvalue weighted by atomic mass is 10.2. The maximum absolute atomic E-state index is 5.52. The Kier molecular flexibility index (Phi) is 5.77. The topological polar surface area (TPSA) is 31.4 Å². The third kappa shape index (κ3) is 4.94. The number of nitrogens with zero attached hydrogens (tertiary/aromatic N) is 1. The van der Waals surface area contributed by atoms with Crippen molar-refractivity contribution in [3.8, 4) is 5.88 Å². The Morgan fingerprint density at radius 3 is 2.75 bits per heavy atom. The molecule has 0 aliphatic heterocycles. The molecule has 1 aromatic heterocycles. The zero-order valence-corrected chi connectivity index (χ0v) is 11.6. The van der Waals surface area contributed by atoms with Gasteiger partial charge in [-0.15, -0.1) is 0 Å². The molecule has 0 atom stereocenters. The summed E-state index contributed by atoms with van der Waals surface area (Å²) in [4.78, 5) is 4.19. The molecule has 0 fully saturated rings. The van der Waals surface area contributed by atoms with Gasteiger partial charge < -0.3 is 9.47 Å². The van der Waals surface area contributed by atoms with Gasteiger partial charge in [-0.2, -0.15) is 0 Å². The molecule has 0 aliphatic carbocycles. The standard InChI is InChI=1S/C12H18BrNO2/c1-9(2)8-15-4-5-16-12-10(3)6-11(13)7-14-12/h6-7,9H,4-5,8H2,1-3H3. The summed E-state index contributed by atoms with van der Waals surface area (Å²) >= 11 is 3.36. The van der Waals surface area contributed by atoms with Crippen LogP contribution in [0, 0.1) is 12.8 Å². The first-order chi connectivity index (χ1) is 7.59. The van der Waals surface area contributed by atoms with Crippen LogP contribution in [0.5, 0.6) is 5.88 Å². The van der Waals surface area contributed by atoms with Crippen molar-refractivity contribution in [2.75, 3.05) is 19.8 Å². The van der Waals surface area contributed by atoms with Gasteiger partial charge in [-0.25, -0.2) is 4.98 Å². The molecule has 1 heterocycles. The Hall–Kier alpha value is -0.610. The number of rotatable bonds is 6. The summed E-state index contributed by atoms with van der Waals surface area (Å²) in [5.41, 5.74) is 1.03. The van der Waals surface area contributed by atoms with E-state index in [-0.39, 0.29) is 0 Å². The van der Waals surface area contributed by atoms with Crippen LogP contribution in [0.4, 0.5) is 0 Å². The molecular weight excluding hydrogens is 270 g/mol. The van der Waals surface area contributed by atoms with Gasteiger partial charge in [0.1, 0.15) is 6.61 Å². The van der Waals surface area contributed by atoms with Gasteiger partial charge in [-0.05, 0) is 34.8 Å². The summed E-state index contributed by atoms with van der Waals surface area (Å²) in [7, 11) is 0. The Balaban J connectivity index is 2.27. The molecule has 0 spiro atoms. The van der Waals surface area contributed by atoms with Crippen LogP contribution in [0.15, 0.2) is 16.7 Å². The minimum absolute atomic E-state index is 0.544. The van der Waals surface area contributed by atoms with E-state index in [1.807, 2.05) is 13.0 Å². The maximum Gasteiger partial charge on any atom is 0.216 e. The van der Waals surface area contributed by atoms with Gasteiger partial charge in [-0.1, -0.05) is 13.8 Å². The molecule has 4 heteroatoms. The van der Waals surface area contributed by atoms with Crippen molar-refractivity contribution in [3.63, 3.8) is 0 Å². The quantitative estimate of drug-likeness (QED) is 0.753. The second kappa shape index (κ2) is 6.86. The highest BCUT2D eigenvalue weighted by molar-refractivity contribution is 9.10. The molecule has 0 aromatic carbocycles. The molecule has 0 aliphatic rings. The lowest BCUT2D eigenvalue weighted by molar-refractivity contribution is 0.0804. The minimum Gasteiger partial charge on any atom is -0.475 e. The second-order valence-corrected chi connectivity index (χ2v) is 5.01. The van der Waals surface area contributed by atoms with Gasteiger partial charge in [-0.3, -0.25) is 0 Å². The fourth-order valence-corrected chi connectivity index (χ4v) is 1.64. The van der Waals surface area contributed by atoms with Crippen LogP contribution >= 0.6 is 15.9 Å². The van der Waals surface area contributed by atoms with Crippen molar-refractivity contribution in [1.29, 1.82) is 0 Å². The van der Waals surface area contributed by atoms with Crippen LogP contribution in [0.25, 0.3) is 0 Å². The fourth-order valence-electron chi connectivity index (χ4n) is 1.20. The smallest absolute Gasteiger partial charge is 0.216 e. The van der Waals surface area contributed by atoms with E-state index >= 15 is 0 Å². The number of aromatic nitrogens is 1. The first kappa shape index (κ1) is 13.5. The molecule has 3 nitrogen and oxygen atoms in total. The molecule has 0 saturated heterocycles. The summed E-state index contributed by atoms with van der Waals surface area (Å²) in [5, 5.41) is 0. The summed E-state index contributed by atoms with van der Waals surface area (Å²) in [5.74, 6) is 1.24. The normalized spacial score (nSPS) is 10.8. The molecule has 0 unspecified atom stereocenters. The van der Waals surface area contributed by atoms with Crippen LogP contribution in [0.3, 0.4) is 0 Å². The molecule has 0 radical (unpaired) electrons. The Morgan fingerprint density at radius 2 is 2.12 bits per heavy atom. The predicted octanol–water partition coefficient (Wildman–Crippen LogP) is 3.20. The van der Waals surface area contributed by atoms with E-state index in [4.69, 9.17) is 9.47 Å². The fraction of sp³-hybridized carbons (Fsp3) is 0.583. The first-order valence-corrected chi connectivity index (χ1v) is 6.21. The highest BCUT2D eigenvalue weighted by Gasteiger charge is 2.01. The summed E-state index contributed by atoms with van der Waals surface area (Å²) < 4.78 is 11.9. The molecule has 0 amide bonds. The number of halogens is 1. The molecule has 90 valence electrons. The van der Waals surface area contributed by atoms with Crippen molar-refractivity contribution in [2.24, 2.45) is 5.92 Å². The second-order valence-electron chi connectivity index (χ2n) is 4.09. The monoisotopic (exact) mass is 287 g/mol. The predicted molar refractivity (Wildman–Crippen MR) is 67.8 cm³/mol. The van der Waals surface area contributed by atoms with E-state index < -0.39 is 0 Å². The molecule has 1 rings (SSSR count). The molecular formula is C12H18BrNO2. The maximum atomic E-state index is 5.52. The SMILES string of the molecule is Cc1cc(Br)cnc1OCCOCC(C)C. The number of aryl methyl sites for hydroxylation is 1. The van der Waals surface area contributed by atoms with Gasteiger partial charge in [0.25, 0.3) is 0 Å². The van der Waals surface area contributed by atoms with Crippen molar-refractivity contribution < 1.29 is 9.47 Å². The number of pyridine rings is 1. The summed E-state index contributed by atoms with van der Waals surface area (Å²) in [6.45, 7) is 8.15. The average Bonchev–Trinajstić information content (AvgIpc) is 2.20. The van der Waals surface area contributed by atoms with Gasteiger partial charge in [0, 0.05) is 22.8 Å². The lowest BCUT2D eigenvalue weighted by Crippen LogP contribution is -2.11. The zero-order valence-electron chi connectivity index (χ0n) is 10.00. The molecule has 0 N–H and O–H groups in total.